The Balaban J connectivity index is 1.83. The maximum atomic E-state index is 11.8. The second-order valence-corrected chi connectivity index (χ2v) is 5.30. The molecule has 0 spiro atoms. The van der Waals surface area contributed by atoms with E-state index in [0.717, 1.165) is 5.56 Å². The highest BCUT2D eigenvalue weighted by Crippen LogP contribution is 2.13. The molecule has 1 N–H and O–H groups in total. The van der Waals surface area contributed by atoms with Gasteiger partial charge in [-0.3, -0.25) is 4.79 Å². The largest absolute Gasteiger partial charge is 0.352 e. The van der Waals surface area contributed by atoms with Gasteiger partial charge >= 0.3 is 0 Å². The van der Waals surface area contributed by atoms with Gasteiger partial charge in [-0.15, -0.1) is 0 Å². The van der Waals surface area contributed by atoms with E-state index in [2.05, 4.69) is 24.4 Å². The summed E-state index contributed by atoms with van der Waals surface area (Å²) in [6, 6.07) is 18.3. The summed E-state index contributed by atoms with van der Waals surface area (Å²) in [7, 11) is 0. The van der Waals surface area contributed by atoms with Gasteiger partial charge in [0.15, 0.2) is 0 Å². The van der Waals surface area contributed by atoms with Crippen molar-refractivity contribution in [2.24, 2.45) is 0 Å². The molecule has 0 bridgehead atoms. The van der Waals surface area contributed by atoms with Crippen LogP contribution < -0.4 is 5.32 Å². The lowest BCUT2D eigenvalue weighted by Gasteiger charge is -2.11. The summed E-state index contributed by atoms with van der Waals surface area (Å²) in [6.45, 7) is 4.80. The van der Waals surface area contributed by atoms with Crippen LogP contribution in [-0.4, -0.2) is 12.5 Å². The maximum Gasteiger partial charge on any atom is 0.244 e. The molecule has 0 heterocycles. The minimum Gasteiger partial charge on any atom is -0.352 e. The molecule has 108 valence electrons. The summed E-state index contributed by atoms with van der Waals surface area (Å²) in [4.78, 5) is 11.8. The first-order valence-corrected chi connectivity index (χ1v) is 7.22. The molecular weight excluding hydrogens is 258 g/mol. The van der Waals surface area contributed by atoms with Gasteiger partial charge < -0.3 is 5.32 Å². The average Bonchev–Trinajstić information content (AvgIpc) is 2.53. The summed E-state index contributed by atoms with van der Waals surface area (Å²) >= 11 is 0. The highest BCUT2D eigenvalue weighted by Gasteiger charge is 2.05. The van der Waals surface area contributed by atoms with Crippen LogP contribution in [0.2, 0.25) is 0 Å². The van der Waals surface area contributed by atoms with Crippen LogP contribution in [0.15, 0.2) is 60.7 Å². The molecule has 0 aliphatic heterocycles. The second kappa shape index (κ2) is 7.44. The molecule has 0 saturated heterocycles. The third kappa shape index (κ3) is 4.92. The van der Waals surface area contributed by atoms with Crippen LogP contribution in [0.3, 0.4) is 0 Å². The van der Waals surface area contributed by atoms with Crippen molar-refractivity contribution in [2.45, 2.75) is 19.8 Å². The smallest absolute Gasteiger partial charge is 0.244 e. The lowest BCUT2D eigenvalue weighted by Crippen LogP contribution is -2.25. The molecule has 2 rings (SSSR count). The number of carbonyl (C=O) groups excluding carboxylic acids is 1. The van der Waals surface area contributed by atoms with Crippen LogP contribution in [0.1, 0.15) is 29.5 Å². The standard InChI is InChI=1S/C19H21NO/c1-15-8-10-17(11-9-15)12-13-19(21)20-14-16(2)18-6-4-3-5-7-18/h3-13,16H,14H2,1-2H3,(H,20,21)/b13-12+. The molecule has 2 aromatic carbocycles. The van der Waals surface area contributed by atoms with Gasteiger partial charge in [-0.2, -0.15) is 0 Å². The third-order valence-electron chi connectivity index (χ3n) is 3.46. The van der Waals surface area contributed by atoms with Gasteiger partial charge in [0.1, 0.15) is 0 Å². The van der Waals surface area contributed by atoms with Crippen molar-refractivity contribution in [2.75, 3.05) is 6.54 Å². The van der Waals surface area contributed by atoms with Crippen LogP contribution >= 0.6 is 0 Å². The van der Waals surface area contributed by atoms with Crippen molar-refractivity contribution in [1.29, 1.82) is 0 Å². The number of nitrogens with one attached hydrogen (secondary N) is 1. The molecule has 21 heavy (non-hydrogen) atoms. The van der Waals surface area contributed by atoms with E-state index in [0.29, 0.717) is 12.5 Å². The zero-order chi connectivity index (χ0) is 15.1. The Morgan fingerprint density at radius 3 is 2.43 bits per heavy atom. The summed E-state index contributed by atoms with van der Waals surface area (Å²) in [5.41, 5.74) is 3.49. The van der Waals surface area contributed by atoms with E-state index in [1.165, 1.54) is 11.1 Å². The van der Waals surface area contributed by atoms with E-state index in [4.69, 9.17) is 0 Å². The average molecular weight is 279 g/mol. The first kappa shape index (κ1) is 15.0. The Bertz CT molecular complexity index is 599. The first-order chi connectivity index (χ1) is 10.1. The highest BCUT2D eigenvalue weighted by molar-refractivity contribution is 5.91. The molecule has 0 saturated carbocycles. The van der Waals surface area contributed by atoms with Crippen LogP contribution in [0.25, 0.3) is 6.08 Å². The van der Waals surface area contributed by atoms with Crippen LogP contribution in [0, 0.1) is 6.92 Å². The van der Waals surface area contributed by atoms with Crippen molar-refractivity contribution in [3.8, 4) is 0 Å². The second-order valence-electron chi connectivity index (χ2n) is 5.30. The Hall–Kier alpha value is -2.35. The maximum absolute atomic E-state index is 11.8. The Labute approximate surface area is 126 Å². The molecule has 1 unspecified atom stereocenters. The van der Waals surface area contributed by atoms with E-state index >= 15 is 0 Å². The summed E-state index contributed by atoms with van der Waals surface area (Å²) in [6.07, 6.45) is 3.42. The Kier molecular flexibility index (Phi) is 5.33. The van der Waals surface area contributed by atoms with Crippen LogP contribution in [0.5, 0.6) is 0 Å². The third-order valence-corrected chi connectivity index (χ3v) is 3.46. The molecule has 0 aliphatic rings. The van der Waals surface area contributed by atoms with Gasteiger partial charge in [-0.1, -0.05) is 67.1 Å². The Morgan fingerprint density at radius 1 is 1.10 bits per heavy atom. The van der Waals surface area contributed by atoms with Gasteiger partial charge in [0.05, 0.1) is 0 Å². The van der Waals surface area contributed by atoms with Gasteiger partial charge in [-0.05, 0) is 30.0 Å². The minimum absolute atomic E-state index is 0.0571. The highest BCUT2D eigenvalue weighted by atomic mass is 16.1. The molecule has 0 aromatic heterocycles. The van der Waals surface area contributed by atoms with Crippen LogP contribution in [-0.2, 0) is 4.79 Å². The number of benzene rings is 2. The zero-order valence-corrected chi connectivity index (χ0v) is 12.5. The number of carbonyl (C=O) groups is 1. The lowest BCUT2D eigenvalue weighted by molar-refractivity contribution is -0.116. The number of hydrogen-bond donors (Lipinski definition) is 1. The number of rotatable bonds is 5. The molecular formula is C19H21NO. The topological polar surface area (TPSA) is 29.1 Å². The molecule has 2 heteroatoms. The predicted octanol–water partition coefficient (Wildman–Crippen LogP) is 3.93. The molecule has 1 amide bonds. The van der Waals surface area contributed by atoms with Crippen molar-refractivity contribution < 1.29 is 4.79 Å². The van der Waals surface area contributed by atoms with Gasteiger partial charge in [-0.25, -0.2) is 0 Å². The van der Waals surface area contributed by atoms with E-state index in [1.54, 1.807) is 6.08 Å². The van der Waals surface area contributed by atoms with E-state index in [-0.39, 0.29) is 5.91 Å². The Morgan fingerprint density at radius 2 is 1.76 bits per heavy atom. The normalized spacial score (nSPS) is 12.3. The minimum atomic E-state index is -0.0571. The van der Waals surface area contributed by atoms with Crippen molar-refractivity contribution in [3.05, 3.63) is 77.4 Å². The molecule has 1 atom stereocenters. The molecule has 0 aliphatic carbocycles. The zero-order valence-electron chi connectivity index (χ0n) is 12.5. The summed E-state index contributed by atoms with van der Waals surface area (Å²) in [5.74, 6) is 0.251. The molecule has 0 fully saturated rings. The summed E-state index contributed by atoms with van der Waals surface area (Å²) < 4.78 is 0. The van der Waals surface area contributed by atoms with Gasteiger partial charge in [0.2, 0.25) is 5.91 Å². The van der Waals surface area contributed by atoms with Crippen molar-refractivity contribution in [1.82, 2.24) is 5.32 Å². The summed E-state index contributed by atoms with van der Waals surface area (Å²) in [5, 5.41) is 2.94. The van der Waals surface area contributed by atoms with E-state index < -0.39 is 0 Å². The van der Waals surface area contributed by atoms with Gasteiger partial charge in [0, 0.05) is 12.6 Å². The van der Waals surface area contributed by atoms with E-state index in [9.17, 15) is 4.79 Å². The quantitative estimate of drug-likeness (QED) is 0.826. The van der Waals surface area contributed by atoms with Gasteiger partial charge in [0.25, 0.3) is 0 Å². The van der Waals surface area contributed by atoms with Crippen molar-refractivity contribution >= 4 is 12.0 Å². The first-order valence-electron chi connectivity index (χ1n) is 7.22. The fourth-order valence-corrected chi connectivity index (χ4v) is 2.06. The number of amides is 1. The predicted molar refractivity (Wildman–Crippen MR) is 88.1 cm³/mol. The molecule has 2 aromatic rings. The SMILES string of the molecule is Cc1ccc(/C=C/C(=O)NCC(C)c2ccccc2)cc1. The fourth-order valence-electron chi connectivity index (χ4n) is 2.06. The van der Waals surface area contributed by atoms with Crippen LogP contribution in [0.4, 0.5) is 0 Å². The fraction of sp³-hybridized carbons (Fsp3) is 0.211. The molecule has 0 radical (unpaired) electrons. The monoisotopic (exact) mass is 279 g/mol. The lowest BCUT2D eigenvalue weighted by atomic mass is 10.0. The number of hydrogen-bond acceptors (Lipinski definition) is 1. The molecule has 2 nitrogen and oxygen atoms in total. The van der Waals surface area contributed by atoms with Crippen molar-refractivity contribution in [3.63, 3.8) is 0 Å². The number of aryl methyl sites for hydroxylation is 1. The van der Waals surface area contributed by atoms with E-state index in [1.807, 2.05) is 55.5 Å².